The zero-order valence-corrected chi connectivity index (χ0v) is 9.85. The second-order valence-electron chi connectivity index (χ2n) is 4.47. The van der Waals surface area contributed by atoms with Crippen LogP contribution >= 0.6 is 0 Å². The number of imidazole rings is 1. The highest BCUT2D eigenvalue weighted by Gasteiger charge is 2.15. The van der Waals surface area contributed by atoms with E-state index in [9.17, 15) is 4.79 Å². The number of ketones is 1. The summed E-state index contributed by atoms with van der Waals surface area (Å²) in [6, 6.07) is 0. The highest BCUT2D eigenvalue weighted by atomic mass is 16.1. The summed E-state index contributed by atoms with van der Waals surface area (Å²) in [5, 5.41) is 0. The summed E-state index contributed by atoms with van der Waals surface area (Å²) in [5.41, 5.74) is 0. The number of unbranched alkanes of at least 4 members (excludes halogenated alkanes) is 1. The minimum atomic E-state index is 0.300. The number of carbonyl (C=O) groups excluding carboxylic acids is 1. The molecule has 0 saturated carbocycles. The Hall–Kier alpha value is -1.16. The number of fused-ring (bicyclic) bond motifs is 1. The van der Waals surface area contributed by atoms with Gasteiger partial charge in [-0.15, -0.1) is 0 Å². The predicted molar refractivity (Wildman–Crippen MR) is 62.0 cm³/mol. The van der Waals surface area contributed by atoms with Crippen LogP contribution in [0.15, 0.2) is 12.4 Å². The molecule has 0 unspecified atom stereocenters. The van der Waals surface area contributed by atoms with E-state index in [1.165, 1.54) is 0 Å². The van der Waals surface area contributed by atoms with Crippen LogP contribution in [0.3, 0.4) is 0 Å². The van der Waals surface area contributed by atoms with Crippen molar-refractivity contribution in [2.45, 2.75) is 39.3 Å². The first-order valence-electron chi connectivity index (χ1n) is 5.97. The highest BCUT2D eigenvalue weighted by molar-refractivity contribution is 5.75. The molecule has 4 heteroatoms. The third-order valence-electron chi connectivity index (χ3n) is 3.08. The molecule has 2 heterocycles. The van der Waals surface area contributed by atoms with Crippen molar-refractivity contribution in [2.24, 2.45) is 0 Å². The largest absolute Gasteiger partial charge is 0.333 e. The quantitative estimate of drug-likeness (QED) is 0.706. The van der Waals surface area contributed by atoms with Crippen molar-refractivity contribution >= 4 is 5.78 Å². The smallest absolute Gasteiger partial charge is 0.129 e. The van der Waals surface area contributed by atoms with Crippen molar-refractivity contribution in [3.05, 3.63) is 18.2 Å². The number of hydrogen-bond acceptors (Lipinski definition) is 3. The maximum atomic E-state index is 10.8. The van der Waals surface area contributed by atoms with Crippen molar-refractivity contribution in [1.29, 1.82) is 0 Å². The summed E-state index contributed by atoms with van der Waals surface area (Å²) < 4.78 is 2.21. The minimum absolute atomic E-state index is 0.300. The van der Waals surface area contributed by atoms with Gasteiger partial charge in [0.25, 0.3) is 0 Å². The average Bonchev–Trinajstić information content (AvgIpc) is 2.71. The van der Waals surface area contributed by atoms with Crippen LogP contribution in [0.1, 0.15) is 32.0 Å². The first kappa shape index (κ1) is 11.3. The topological polar surface area (TPSA) is 38.1 Å². The molecule has 0 saturated heterocycles. The van der Waals surface area contributed by atoms with Crippen molar-refractivity contribution in [3.8, 4) is 0 Å². The third-order valence-corrected chi connectivity index (χ3v) is 3.08. The highest BCUT2D eigenvalue weighted by Crippen LogP contribution is 2.11. The van der Waals surface area contributed by atoms with E-state index in [1.807, 2.05) is 12.4 Å². The van der Waals surface area contributed by atoms with Crippen LogP contribution in [-0.4, -0.2) is 33.3 Å². The van der Waals surface area contributed by atoms with E-state index in [-0.39, 0.29) is 0 Å². The molecule has 16 heavy (non-hydrogen) atoms. The molecule has 0 atom stereocenters. The summed E-state index contributed by atoms with van der Waals surface area (Å²) in [6.07, 6.45) is 6.76. The molecule has 0 bridgehead atoms. The fourth-order valence-corrected chi connectivity index (χ4v) is 2.12. The maximum Gasteiger partial charge on any atom is 0.129 e. The molecule has 1 aliphatic heterocycles. The monoisotopic (exact) mass is 221 g/mol. The fourth-order valence-electron chi connectivity index (χ4n) is 2.12. The van der Waals surface area contributed by atoms with Crippen LogP contribution in [0.5, 0.6) is 0 Å². The maximum absolute atomic E-state index is 10.8. The summed E-state index contributed by atoms with van der Waals surface area (Å²) >= 11 is 0. The molecule has 0 radical (unpaired) electrons. The van der Waals surface area contributed by atoms with Crippen molar-refractivity contribution in [3.63, 3.8) is 0 Å². The average molecular weight is 221 g/mol. The molecule has 2 rings (SSSR count). The van der Waals surface area contributed by atoms with Gasteiger partial charge in [0.1, 0.15) is 11.6 Å². The van der Waals surface area contributed by atoms with Gasteiger partial charge in [-0.05, 0) is 26.3 Å². The number of carbonyl (C=O) groups is 1. The van der Waals surface area contributed by atoms with Gasteiger partial charge in [-0.1, -0.05) is 0 Å². The lowest BCUT2D eigenvalue weighted by molar-refractivity contribution is -0.117. The van der Waals surface area contributed by atoms with Gasteiger partial charge < -0.3 is 9.36 Å². The molecule has 1 aromatic rings. The van der Waals surface area contributed by atoms with Gasteiger partial charge in [0, 0.05) is 31.9 Å². The molecule has 0 spiro atoms. The molecule has 1 aromatic heterocycles. The fraction of sp³-hybridized carbons (Fsp3) is 0.667. The molecular weight excluding hydrogens is 202 g/mol. The van der Waals surface area contributed by atoms with Gasteiger partial charge in [0.05, 0.1) is 6.54 Å². The van der Waals surface area contributed by atoms with Crippen LogP contribution in [0.2, 0.25) is 0 Å². The Morgan fingerprint density at radius 2 is 2.31 bits per heavy atom. The van der Waals surface area contributed by atoms with Gasteiger partial charge in [0.2, 0.25) is 0 Å². The Labute approximate surface area is 96.3 Å². The van der Waals surface area contributed by atoms with E-state index >= 15 is 0 Å². The predicted octanol–water partition coefficient (Wildman–Crippen LogP) is 1.46. The normalized spacial score (nSPS) is 16.1. The molecule has 1 aliphatic rings. The zero-order valence-electron chi connectivity index (χ0n) is 9.85. The lowest BCUT2D eigenvalue weighted by Gasteiger charge is -2.27. The molecular formula is C12H19N3O. The number of rotatable bonds is 5. The van der Waals surface area contributed by atoms with Crippen molar-refractivity contribution in [1.82, 2.24) is 14.5 Å². The van der Waals surface area contributed by atoms with Crippen molar-refractivity contribution < 1.29 is 4.79 Å². The standard InChI is InChI=1S/C12H19N3O/c1-11(16)4-2-3-6-14-8-9-15-7-5-13-12(15)10-14/h5,7H,2-4,6,8-10H2,1H3. The zero-order chi connectivity index (χ0) is 11.4. The minimum Gasteiger partial charge on any atom is -0.333 e. The molecule has 88 valence electrons. The van der Waals surface area contributed by atoms with Gasteiger partial charge in [0.15, 0.2) is 0 Å². The van der Waals surface area contributed by atoms with E-state index in [0.29, 0.717) is 5.78 Å². The summed E-state index contributed by atoms with van der Waals surface area (Å²) in [7, 11) is 0. The third kappa shape index (κ3) is 2.92. The second kappa shape index (κ2) is 5.25. The van der Waals surface area contributed by atoms with E-state index in [2.05, 4.69) is 14.5 Å². The lowest BCUT2D eigenvalue weighted by Crippen LogP contribution is -2.34. The van der Waals surface area contributed by atoms with E-state index < -0.39 is 0 Å². The summed E-state index contributed by atoms with van der Waals surface area (Å²) in [5.74, 6) is 1.46. The van der Waals surface area contributed by atoms with Crippen LogP contribution in [0.4, 0.5) is 0 Å². The van der Waals surface area contributed by atoms with Crippen LogP contribution in [0.25, 0.3) is 0 Å². The Morgan fingerprint density at radius 1 is 1.44 bits per heavy atom. The second-order valence-corrected chi connectivity index (χ2v) is 4.47. The Morgan fingerprint density at radius 3 is 3.12 bits per heavy atom. The first-order chi connectivity index (χ1) is 7.75. The Bertz CT molecular complexity index is 359. The van der Waals surface area contributed by atoms with Crippen LogP contribution in [0, 0.1) is 0 Å². The first-order valence-corrected chi connectivity index (χ1v) is 5.97. The van der Waals surface area contributed by atoms with E-state index in [1.54, 1.807) is 6.92 Å². The van der Waals surface area contributed by atoms with E-state index in [4.69, 9.17) is 0 Å². The number of aromatic nitrogens is 2. The lowest BCUT2D eigenvalue weighted by atomic mass is 10.2. The molecule has 0 amide bonds. The van der Waals surface area contributed by atoms with Crippen LogP contribution in [-0.2, 0) is 17.9 Å². The molecule has 0 aromatic carbocycles. The van der Waals surface area contributed by atoms with Crippen LogP contribution < -0.4 is 0 Å². The van der Waals surface area contributed by atoms with E-state index in [0.717, 1.165) is 51.3 Å². The Balaban J connectivity index is 1.71. The number of Topliss-reactive ketones (excluding diaryl/α,β-unsaturated/α-hetero) is 1. The molecule has 0 fully saturated rings. The number of nitrogens with zero attached hydrogens (tertiary/aromatic N) is 3. The summed E-state index contributed by atoms with van der Waals surface area (Å²) in [6.45, 7) is 5.84. The summed E-state index contributed by atoms with van der Waals surface area (Å²) in [4.78, 5) is 17.5. The molecule has 4 nitrogen and oxygen atoms in total. The molecule has 0 aliphatic carbocycles. The van der Waals surface area contributed by atoms with Crippen molar-refractivity contribution in [2.75, 3.05) is 13.1 Å². The van der Waals surface area contributed by atoms with Gasteiger partial charge >= 0.3 is 0 Å². The molecule has 0 N–H and O–H groups in total. The Kier molecular flexibility index (Phi) is 3.72. The van der Waals surface area contributed by atoms with Gasteiger partial charge in [-0.25, -0.2) is 4.98 Å². The van der Waals surface area contributed by atoms with Gasteiger partial charge in [-0.3, -0.25) is 4.90 Å². The SMILES string of the molecule is CC(=O)CCCCN1CCn2ccnc2C1. The number of hydrogen-bond donors (Lipinski definition) is 0. The van der Waals surface area contributed by atoms with Gasteiger partial charge in [-0.2, -0.15) is 0 Å².